The van der Waals surface area contributed by atoms with Gasteiger partial charge in [0.25, 0.3) is 0 Å². The van der Waals surface area contributed by atoms with Crippen LogP contribution in [0.25, 0.3) is 27.8 Å². The summed E-state index contributed by atoms with van der Waals surface area (Å²) in [6, 6.07) is 21.2. The number of ether oxygens (including phenoxy) is 1. The van der Waals surface area contributed by atoms with Gasteiger partial charge in [-0.3, -0.25) is 4.79 Å². The molecule has 1 aromatic heterocycles. The van der Waals surface area contributed by atoms with Gasteiger partial charge in [-0.25, -0.2) is 0 Å². The molecule has 0 aliphatic heterocycles. The quantitative estimate of drug-likeness (QED) is 0.315. The smallest absolute Gasteiger partial charge is 0.205 e. The molecule has 4 rings (SSSR count). The van der Waals surface area contributed by atoms with Gasteiger partial charge >= 0.3 is 0 Å². The van der Waals surface area contributed by atoms with Gasteiger partial charge in [0, 0.05) is 22.7 Å². The summed E-state index contributed by atoms with van der Waals surface area (Å²) >= 11 is 0. The summed E-state index contributed by atoms with van der Waals surface area (Å²) < 4.78 is 5.24. The first kappa shape index (κ1) is 16.6. The van der Waals surface area contributed by atoms with Gasteiger partial charge in [-0.2, -0.15) is 5.26 Å². The van der Waals surface area contributed by atoms with Crippen LogP contribution in [-0.2, 0) is 0 Å². The van der Waals surface area contributed by atoms with Crippen molar-refractivity contribution in [1.29, 1.82) is 5.26 Å². The van der Waals surface area contributed by atoms with Crippen molar-refractivity contribution in [2.24, 2.45) is 0 Å². The lowest BCUT2D eigenvalue weighted by molar-refractivity contribution is 0.104. The second kappa shape index (κ2) is 6.81. The molecule has 4 nitrogen and oxygen atoms in total. The maximum absolute atomic E-state index is 12.9. The number of nitriles is 1. The lowest BCUT2D eigenvalue weighted by Crippen LogP contribution is -2.01. The fourth-order valence-corrected chi connectivity index (χ4v) is 3.18. The number of nitrogens with zero attached hydrogens (tertiary/aromatic N) is 1. The van der Waals surface area contributed by atoms with E-state index >= 15 is 0 Å². The standard InChI is InChI=1S/C23H16N2O2/c1-27-19-9-8-16-10-15(6-7-17(16)12-19)11-18(13-24)23(26)21-14-25-22-5-3-2-4-20(21)22/h2-12,14,25H,1H3/b18-11+. The maximum Gasteiger partial charge on any atom is 0.205 e. The van der Waals surface area contributed by atoms with Crippen LogP contribution in [-0.4, -0.2) is 17.9 Å². The highest BCUT2D eigenvalue weighted by Crippen LogP contribution is 2.24. The Labute approximate surface area is 156 Å². The third-order valence-corrected chi connectivity index (χ3v) is 4.58. The van der Waals surface area contributed by atoms with Crippen molar-refractivity contribution in [3.05, 3.63) is 83.6 Å². The van der Waals surface area contributed by atoms with E-state index in [0.717, 1.165) is 33.0 Å². The fourth-order valence-electron chi connectivity index (χ4n) is 3.18. The molecule has 4 aromatic rings. The van der Waals surface area contributed by atoms with Gasteiger partial charge in [0.15, 0.2) is 0 Å². The second-order valence-electron chi connectivity index (χ2n) is 6.22. The Morgan fingerprint density at radius 2 is 1.85 bits per heavy atom. The molecular formula is C23H16N2O2. The van der Waals surface area contributed by atoms with E-state index in [4.69, 9.17) is 4.74 Å². The van der Waals surface area contributed by atoms with Crippen LogP contribution >= 0.6 is 0 Å². The number of rotatable bonds is 4. The number of para-hydroxylation sites is 1. The van der Waals surface area contributed by atoms with Gasteiger partial charge in [0.1, 0.15) is 17.4 Å². The Balaban J connectivity index is 1.73. The molecule has 0 saturated heterocycles. The molecule has 1 heterocycles. The summed E-state index contributed by atoms with van der Waals surface area (Å²) in [6.07, 6.45) is 3.29. The highest BCUT2D eigenvalue weighted by Gasteiger charge is 2.16. The molecule has 4 heteroatoms. The second-order valence-corrected chi connectivity index (χ2v) is 6.22. The fraction of sp³-hybridized carbons (Fsp3) is 0.0435. The molecule has 27 heavy (non-hydrogen) atoms. The van der Waals surface area contributed by atoms with E-state index in [0.29, 0.717) is 5.56 Å². The van der Waals surface area contributed by atoms with Crippen molar-refractivity contribution in [1.82, 2.24) is 4.98 Å². The van der Waals surface area contributed by atoms with Crippen LogP contribution in [0, 0.1) is 11.3 Å². The third-order valence-electron chi connectivity index (χ3n) is 4.58. The van der Waals surface area contributed by atoms with Crippen molar-refractivity contribution < 1.29 is 9.53 Å². The average Bonchev–Trinajstić information content (AvgIpc) is 3.15. The van der Waals surface area contributed by atoms with Crippen LogP contribution in [0.3, 0.4) is 0 Å². The van der Waals surface area contributed by atoms with E-state index in [9.17, 15) is 10.1 Å². The molecule has 0 aliphatic rings. The lowest BCUT2D eigenvalue weighted by Gasteiger charge is -2.04. The molecule has 0 spiro atoms. The molecular weight excluding hydrogens is 336 g/mol. The van der Waals surface area contributed by atoms with Crippen LogP contribution in [0.1, 0.15) is 15.9 Å². The van der Waals surface area contributed by atoms with E-state index < -0.39 is 0 Å². The first-order chi connectivity index (χ1) is 13.2. The number of benzene rings is 3. The van der Waals surface area contributed by atoms with Crippen LogP contribution in [0.5, 0.6) is 5.75 Å². The number of carbonyl (C=O) groups is 1. The number of carbonyl (C=O) groups excluding carboxylic acids is 1. The predicted molar refractivity (Wildman–Crippen MR) is 107 cm³/mol. The lowest BCUT2D eigenvalue weighted by atomic mass is 10.00. The van der Waals surface area contributed by atoms with Crippen LogP contribution in [0.15, 0.2) is 72.4 Å². The van der Waals surface area contributed by atoms with E-state index in [-0.39, 0.29) is 11.4 Å². The molecule has 0 unspecified atom stereocenters. The zero-order valence-corrected chi connectivity index (χ0v) is 14.7. The number of H-pyrrole nitrogens is 1. The van der Waals surface area contributed by atoms with Crippen LogP contribution in [0.2, 0.25) is 0 Å². The summed E-state index contributed by atoms with van der Waals surface area (Å²) in [4.78, 5) is 16.0. The van der Waals surface area contributed by atoms with E-state index in [1.807, 2.05) is 66.7 Å². The number of hydrogen-bond donors (Lipinski definition) is 1. The van der Waals surface area contributed by atoms with Gasteiger partial charge in [-0.1, -0.05) is 36.4 Å². The minimum Gasteiger partial charge on any atom is -0.497 e. The van der Waals surface area contributed by atoms with E-state index in [1.165, 1.54) is 0 Å². The van der Waals surface area contributed by atoms with Crippen LogP contribution in [0.4, 0.5) is 0 Å². The van der Waals surface area contributed by atoms with E-state index in [2.05, 4.69) is 4.98 Å². The summed E-state index contributed by atoms with van der Waals surface area (Å²) in [6.45, 7) is 0. The number of aromatic nitrogens is 1. The number of allylic oxidation sites excluding steroid dienone is 1. The maximum atomic E-state index is 12.9. The number of methoxy groups -OCH3 is 1. The average molecular weight is 352 g/mol. The molecule has 130 valence electrons. The van der Waals surface area contributed by atoms with Gasteiger partial charge in [0.2, 0.25) is 5.78 Å². The number of nitrogens with one attached hydrogen (secondary N) is 1. The first-order valence-corrected chi connectivity index (χ1v) is 8.50. The van der Waals surface area contributed by atoms with Crippen molar-refractivity contribution in [2.45, 2.75) is 0 Å². The zero-order valence-electron chi connectivity index (χ0n) is 14.7. The number of aromatic amines is 1. The van der Waals surface area contributed by atoms with Gasteiger partial charge in [0.05, 0.1) is 7.11 Å². The first-order valence-electron chi connectivity index (χ1n) is 8.50. The molecule has 0 amide bonds. The number of fused-ring (bicyclic) bond motifs is 2. The molecule has 0 atom stereocenters. The molecule has 0 saturated carbocycles. The molecule has 3 aromatic carbocycles. The Morgan fingerprint density at radius 3 is 2.67 bits per heavy atom. The summed E-state index contributed by atoms with van der Waals surface area (Å²) in [5.74, 6) is 0.503. The van der Waals surface area contributed by atoms with Crippen molar-refractivity contribution in [3.8, 4) is 11.8 Å². The number of hydrogen-bond acceptors (Lipinski definition) is 3. The zero-order chi connectivity index (χ0) is 18.8. The van der Waals surface area contributed by atoms with Crippen molar-refractivity contribution in [2.75, 3.05) is 7.11 Å². The van der Waals surface area contributed by atoms with Crippen LogP contribution < -0.4 is 4.74 Å². The van der Waals surface area contributed by atoms with Gasteiger partial charge in [-0.05, 0) is 46.7 Å². The SMILES string of the molecule is COc1ccc2cc(/C=C(\C#N)C(=O)c3c[nH]c4ccccc34)ccc2c1. The molecule has 0 aliphatic carbocycles. The van der Waals surface area contributed by atoms with E-state index in [1.54, 1.807) is 19.4 Å². The third kappa shape index (κ3) is 3.07. The molecule has 0 fully saturated rings. The molecule has 0 bridgehead atoms. The Hall–Kier alpha value is -3.84. The Bertz CT molecular complexity index is 1240. The Morgan fingerprint density at radius 1 is 1.07 bits per heavy atom. The minimum absolute atomic E-state index is 0.104. The van der Waals surface area contributed by atoms with Gasteiger partial charge in [-0.15, -0.1) is 0 Å². The predicted octanol–water partition coefficient (Wildman–Crippen LogP) is 5.12. The monoisotopic (exact) mass is 352 g/mol. The molecule has 0 radical (unpaired) electrons. The topological polar surface area (TPSA) is 65.9 Å². The minimum atomic E-state index is -0.287. The number of ketones is 1. The highest BCUT2D eigenvalue weighted by molar-refractivity contribution is 6.19. The summed E-state index contributed by atoms with van der Waals surface area (Å²) in [5, 5.41) is 12.4. The summed E-state index contributed by atoms with van der Waals surface area (Å²) in [5.41, 5.74) is 2.28. The largest absolute Gasteiger partial charge is 0.497 e. The summed E-state index contributed by atoms with van der Waals surface area (Å²) in [7, 11) is 1.63. The molecule has 1 N–H and O–H groups in total. The number of Topliss-reactive ketones (excluding diaryl/α,β-unsaturated/α-hetero) is 1. The van der Waals surface area contributed by atoms with Gasteiger partial charge < -0.3 is 9.72 Å². The highest BCUT2D eigenvalue weighted by atomic mass is 16.5. The normalized spacial score (nSPS) is 11.5. The van der Waals surface area contributed by atoms with Crippen molar-refractivity contribution in [3.63, 3.8) is 0 Å². The Kier molecular flexibility index (Phi) is 4.19. The van der Waals surface area contributed by atoms with Crippen molar-refractivity contribution >= 4 is 33.5 Å².